The Bertz CT molecular complexity index is 215. The van der Waals surface area contributed by atoms with Gasteiger partial charge in [-0.3, -0.25) is 4.98 Å². The van der Waals surface area contributed by atoms with Gasteiger partial charge >= 0.3 is 0 Å². The van der Waals surface area contributed by atoms with Gasteiger partial charge in [0.15, 0.2) is 0 Å². The van der Waals surface area contributed by atoms with Crippen molar-refractivity contribution in [2.75, 3.05) is 6.54 Å². The normalized spacial score (nSPS) is 13.7. The summed E-state index contributed by atoms with van der Waals surface area (Å²) in [5.41, 5.74) is 2.62. The molecule has 1 aliphatic rings. The number of fused-ring (bicyclic) bond motifs is 1. The summed E-state index contributed by atoms with van der Waals surface area (Å²) in [5.74, 6) is 0. The molecule has 0 aromatic carbocycles. The number of hydrogen-bond acceptors (Lipinski definition) is 2. The fourth-order valence-corrected chi connectivity index (χ4v) is 1.29. The third-order valence-corrected chi connectivity index (χ3v) is 1.84. The molecule has 0 spiro atoms. The fraction of sp³-hybridized carbons (Fsp3) is 0.375. The van der Waals surface area contributed by atoms with Crippen LogP contribution in [-0.4, -0.2) is 11.5 Å². The standard InChI is InChI=1S/C8H10N2.2ClH/c1-2-7-6-9-5-3-8(7)10-4-1;;/h1-2,4,9H,3,5-6H2;2*1H. The number of hydrogen-bond donors (Lipinski definition) is 1. The Morgan fingerprint density at radius 2 is 2.17 bits per heavy atom. The average molecular weight is 207 g/mol. The second-order valence-electron chi connectivity index (χ2n) is 2.54. The van der Waals surface area contributed by atoms with E-state index in [1.807, 2.05) is 12.3 Å². The van der Waals surface area contributed by atoms with E-state index in [2.05, 4.69) is 16.4 Å². The number of nitrogens with zero attached hydrogens (tertiary/aromatic N) is 1. The summed E-state index contributed by atoms with van der Waals surface area (Å²) in [6.07, 6.45) is 2.94. The summed E-state index contributed by atoms with van der Waals surface area (Å²) in [5, 5.41) is 3.30. The van der Waals surface area contributed by atoms with E-state index >= 15 is 0 Å². The minimum atomic E-state index is 0. The molecule has 2 heterocycles. The van der Waals surface area contributed by atoms with Crippen LogP contribution in [0.5, 0.6) is 0 Å². The molecule has 2 rings (SSSR count). The Morgan fingerprint density at radius 1 is 1.33 bits per heavy atom. The van der Waals surface area contributed by atoms with Crippen molar-refractivity contribution in [2.45, 2.75) is 13.0 Å². The predicted octanol–water partition coefficient (Wildman–Crippen LogP) is 1.57. The lowest BCUT2D eigenvalue weighted by atomic mass is 10.1. The van der Waals surface area contributed by atoms with Gasteiger partial charge in [-0.25, -0.2) is 0 Å². The third-order valence-electron chi connectivity index (χ3n) is 1.84. The minimum absolute atomic E-state index is 0. The molecule has 0 radical (unpaired) electrons. The highest BCUT2D eigenvalue weighted by Crippen LogP contribution is 2.08. The first-order valence-electron chi connectivity index (χ1n) is 3.60. The molecule has 1 aromatic rings. The number of halogens is 2. The highest BCUT2D eigenvalue weighted by Gasteiger charge is 2.06. The van der Waals surface area contributed by atoms with Crippen LogP contribution in [0, 0.1) is 0 Å². The Hall–Kier alpha value is -0.310. The average Bonchev–Trinajstić information content (AvgIpc) is 2.05. The molecule has 0 amide bonds. The maximum atomic E-state index is 4.28. The zero-order valence-corrected chi connectivity index (χ0v) is 8.25. The van der Waals surface area contributed by atoms with Crippen LogP contribution in [0.15, 0.2) is 18.3 Å². The smallest absolute Gasteiger partial charge is 0.0461 e. The Kier molecular flexibility index (Phi) is 5.22. The van der Waals surface area contributed by atoms with Crippen molar-refractivity contribution in [3.63, 3.8) is 0 Å². The summed E-state index contributed by atoms with van der Waals surface area (Å²) < 4.78 is 0. The van der Waals surface area contributed by atoms with Gasteiger partial charge in [0.1, 0.15) is 0 Å². The summed E-state index contributed by atoms with van der Waals surface area (Å²) in [4.78, 5) is 4.28. The van der Waals surface area contributed by atoms with Crippen LogP contribution in [0.25, 0.3) is 0 Å². The Balaban J connectivity index is 0.000000605. The number of pyridine rings is 1. The lowest BCUT2D eigenvalue weighted by molar-refractivity contribution is 0.630. The second-order valence-corrected chi connectivity index (χ2v) is 2.54. The number of aromatic nitrogens is 1. The van der Waals surface area contributed by atoms with E-state index in [0.717, 1.165) is 19.5 Å². The summed E-state index contributed by atoms with van der Waals surface area (Å²) >= 11 is 0. The van der Waals surface area contributed by atoms with Gasteiger partial charge in [-0.2, -0.15) is 0 Å². The van der Waals surface area contributed by atoms with Gasteiger partial charge in [-0.15, -0.1) is 24.8 Å². The lowest BCUT2D eigenvalue weighted by Crippen LogP contribution is -2.24. The molecule has 1 N–H and O–H groups in total. The van der Waals surface area contributed by atoms with Gasteiger partial charge in [0, 0.05) is 31.4 Å². The topological polar surface area (TPSA) is 24.9 Å². The first-order valence-corrected chi connectivity index (χ1v) is 3.60. The van der Waals surface area contributed by atoms with E-state index in [9.17, 15) is 0 Å². The first kappa shape index (κ1) is 11.7. The van der Waals surface area contributed by atoms with Gasteiger partial charge in [-0.05, 0) is 11.6 Å². The van der Waals surface area contributed by atoms with Gasteiger partial charge in [-0.1, -0.05) is 6.07 Å². The molecular formula is C8H12Cl2N2. The van der Waals surface area contributed by atoms with E-state index in [1.54, 1.807) is 0 Å². The quantitative estimate of drug-likeness (QED) is 0.698. The van der Waals surface area contributed by atoms with Crippen molar-refractivity contribution in [1.82, 2.24) is 10.3 Å². The van der Waals surface area contributed by atoms with Crippen molar-refractivity contribution < 1.29 is 0 Å². The number of rotatable bonds is 0. The SMILES string of the molecule is Cl.Cl.c1cnc2c(c1)CNCC2. The molecule has 4 heteroatoms. The zero-order valence-electron chi connectivity index (χ0n) is 6.62. The molecule has 0 unspecified atom stereocenters. The van der Waals surface area contributed by atoms with Gasteiger partial charge in [0.25, 0.3) is 0 Å². The van der Waals surface area contributed by atoms with Crippen molar-refractivity contribution >= 4 is 24.8 Å². The summed E-state index contributed by atoms with van der Waals surface area (Å²) in [6.45, 7) is 2.06. The van der Waals surface area contributed by atoms with Crippen LogP contribution in [-0.2, 0) is 13.0 Å². The summed E-state index contributed by atoms with van der Waals surface area (Å²) in [7, 11) is 0. The van der Waals surface area contributed by atoms with E-state index in [0.29, 0.717) is 0 Å². The van der Waals surface area contributed by atoms with E-state index in [4.69, 9.17) is 0 Å². The van der Waals surface area contributed by atoms with Crippen molar-refractivity contribution in [3.8, 4) is 0 Å². The van der Waals surface area contributed by atoms with Gasteiger partial charge in [0.05, 0.1) is 0 Å². The van der Waals surface area contributed by atoms with Crippen molar-refractivity contribution in [3.05, 3.63) is 29.6 Å². The predicted molar refractivity (Wildman–Crippen MR) is 54.1 cm³/mol. The molecule has 1 aliphatic heterocycles. The molecule has 0 bridgehead atoms. The van der Waals surface area contributed by atoms with Crippen LogP contribution < -0.4 is 5.32 Å². The van der Waals surface area contributed by atoms with E-state index < -0.39 is 0 Å². The van der Waals surface area contributed by atoms with E-state index in [-0.39, 0.29) is 24.8 Å². The van der Waals surface area contributed by atoms with Crippen molar-refractivity contribution in [2.24, 2.45) is 0 Å². The number of nitrogens with one attached hydrogen (secondary N) is 1. The summed E-state index contributed by atoms with van der Waals surface area (Å²) in [6, 6.07) is 4.13. The van der Waals surface area contributed by atoms with Gasteiger partial charge in [0.2, 0.25) is 0 Å². The van der Waals surface area contributed by atoms with Crippen LogP contribution >= 0.6 is 24.8 Å². The Labute approximate surface area is 84.6 Å². The highest BCUT2D eigenvalue weighted by atomic mass is 35.5. The van der Waals surface area contributed by atoms with Gasteiger partial charge < -0.3 is 5.32 Å². The maximum absolute atomic E-state index is 4.28. The highest BCUT2D eigenvalue weighted by molar-refractivity contribution is 5.85. The second kappa shape index (κ2) is 5.36. The largest absolute Gasteiger partial charge is 0.312 e. The minimum Gasteiger partial charge on any atom is -0.312 e. The van der Waals surface area contributed by atoms with Crippen LogP contribution in [0.2, 0.25) is 0 Å². The molecule has 0 aliphatic carbocycles. The van der Waals surface area contributed by atoms with Crippen LogP contribution in [0.3, 0.4) is 0 Å². The molecule has 0 fully saturated rings. The molecule has 0 saturated carbocycles. The van der Waals surface area contributed by atoms with E-state index in [1.165, 1.54) is 11.3 Å². The molecule has 0 saturated heterocycles. The Morgan fingerprint density at radius 3 is 2.92 bits per heavy atom. The zero-order chi connectivity index (χ0) is 6.81. The molecular weight excluding hydrogens is 195 g/mol. The maximum Gasteiger partial charge on any atom is 0.0461 e. The fourth-order valence-electron chi connectivity index (χ4n) is 1.29. The van der Waals surface area contributed by atoms with Crippen LogP contribution in [0.1, 0.15) is 11.3 Å². The monoisotopic (exact) mass is 206 g/mol. The molecule has 1 aromatic heterocycles. The molecule has 2 nitrogen and oxygen atoms in total. The van der Waals surface area contributed by atoms with Crippen LogP contribution in [0.4, 0.5) is 0 Å². The van der Waals surface area contributed by atoms with Crippen molar-refractivity contribution in [1.29, 1.82) is 0 Å². The third kappa shape index (κ3) is 2.34. The molecule has 0 atom stereocenters. The molecule has 12 heavy (non-hydrogen) atoms. The lowest BCUT2D eigenvalue weighted by Gasteiger charge is -2.14. The molecule has 68 valence electrons. The first-order chi connectivity index (χ1) is 4.97.